The first-order valence-corrected chi connectivity index (χ1v) is 4.73. The van der Waals surface area contributed by atoms with Gasteiger partial charge in [0, 0.05) is 23.9 Å². The van der Waals surface area contributed by atoms with E-state index >= 15 is 0 Å². The molecule has 1 aromatic heterocycles. The molecule has 3 heteroatoms. The van der Waals surface area contributed by atoms with Crippen LogP contribution in [-0.2, 0) is 0 Å². The van der Waals surface area contributed by atoms with E-state index in [4.69, 9.17) is 0 Å². The van der Waals surface area contributed by atoms with E-state index in [1.807, 2.05) is 18.3 Å². The molecule has 0 saturated heterocycles. The van der Waals surface area contributed by atoms with Gasteiger partial charge in [0.2, 0.25) is 0 Å². The molecule has 72 valence electrons. The summed E-state index contributed by atoms with van der Waals surface area (Å²) in [5.74, 6) is -0.105. The molecule has 1 aromatic rings. The number of hydrogen-bond donors (Lipinski definition) is 2. The predicted molar refractivity (Wildman–Crippen MR) is 49.3 cm³/mol. The third kappa shape index (κ3) is 1.38. The van der Waals surface area contributed by atoms with Gasteiger partial charge >= 0.3 is 0 Å². The van der Waals surface area contributed by atoms with E-state index in [1.165, 1.54) is 0 Å². The molecule has 0 aliphatic carbocycles. The first-order valence-electron chi connectivity index (χ1n) is 4.73. The Morgan fingerprint density at radius 1 is 1.46 bits per heavy atom. The fourth-order valence-electron chi connectivity index (χ4n) is 2.13. The molecule has 2 N–H and O–H groups in total. The van der Waals surface area contributed by atoms with Crippen LogP contribution in [0.25, 0.3) is 0 Å². The topological polar surface area (TPSA) is 45.4 Å². The van der Waals surface area contributed by atoms with Crippen LogP contribution in [0.5, 0.6) is 0 Å². The zero-order valence-corrected chi connectivity index (χ0v) is 7.72. The molecular formula is C10H15NO2. The van der Waals surface area contributed by atoms with Crippen molar-refractivity contribution in [3.05, 3.63) is 24.0 Å². The molecule has 13 heavy (non-hydrogen) atoms. The highest BCUT2D eigenvalue weighted by atomic mass is 16.5. The third-order valence-electron chi connectivity index (χ3n) is 2.92. The lowest BCUT2D eigenvalue weighted by Gasteiger charge is -2.30. The van der Waals surface area contributed by atoms with Crippen molar-refractivity contribution < 1.29 is 10.2 Å². The number of aliphatic hydroxyl groups excluding tert-OH is 1. The average molecular weight is 181 g/mol. The number of fused-ring (bicyclic) bond motifs is 1. The maximum absolute atomic E-state index is 9.17. The van der Waals surface area contributed by atoms with Crippen LogP contribution in [0.1, 0.15) is 37.4 Å². The van der Waals surface area contributed by atoms with Gasteiger partial charge in [0.05, 0.1) is 0 Å². The zero-order valence-electron chi connectivity index (χ0n) is 7.72. The molecule has 2 unspecified atom stereocenters. The minimum absolute atomic E-state index is 0.105. The molecule has 1 aliphatic rings. The maximum atomic E-state index is 9.17. The summed E-state index contributed by atoms with van der Waals surface area (Å²) in [7, 11) is 0. The molecule has 0 bridgehead atoms. The van der Waals surface area contributed by atoms with Gasteiger partial charge in [0.15, 0.2) is 6.29 Å². The second-order valence-electron chi connectivity index (χ2n) is 3.79. The van der Waals surface area contributed by atoms with E-state index < -0.39 is 6.29 Å². The van der Waals surface area contributed by atoms with E-state index in [1.54, 1.807) is 0 Å². The molecule has 3 nitrogen and oxygen atoms in total. The first-order chi connectivity index (χ1) is 6.20. The van der Waals surface area contributed by atoms with Crippen molar-refractivity contribution in [1.82, 2.24) is 4.57 Å². The summed E-state index contributed by atoms with van der Waals surface area (Å²) < 4.78 is 2.13. The van der Waals surface area contributed by atoms with Gasteiger partial charge in [-0.3, -0.25) is 0 Å². The Morgan fingerprint density at radius 3 is 2.92 bits per heavy atom. The smallest absolute Gasteiger partial charge is 0.159 e. The summed E-state index contributed by atoms with van der Waals surface area (Å²) in [6, 6.07) is 4.42. The number of aromatic nitrogens is 1. The van der Waals surface area contributed by atoms with Gasteiger partial charge in [-0.25, -0.2) is 0 Å². The largest absolute Gasteiger partial charge is 0.368 e. The van der Waals surface area contributed by atoms with Crippen LogP contribution >= 0.6 is 0 Å². The summed E-state index contributed by atoms with van der Waals surface area (Å²) in [5, 5.41) is 18.3. The Kier molecular flexibility index (Phi) is 2.14. The van der Waals surface area contributed by atoms with Crippen LogP contribution in [0.3, 0.4) is 0 Å². The summed E-state index contributed by atoms with van der Waals surface area (Å²) in [5.41, 5.74) is 1.05. The number of aliphatic hydroxyl groups is 2. The molecule has 0 aromatic carbocycles. The van der Waals surface area contributed by atoms with Crippen molar-refractivity contribution in [2.75, 3.05) is 0 Å². The number of hydrogen-bond acceptors (Lipinski definition) is 2. The van der Waals surface area contributed by atoms with E-state index in [0.717, 1.165) is 18.5 Å². The molecule has 0 fully saturated rings. The molecule has 2 rings (SSSR count). The highest BCUT2D eigenvalue weighted by Gasteiger charge is 2.27. The predicted octanol–water partition coefficient (Wildman–Crippen LogP) is 1.24. The minimum Gasteiger partial charge on any atom is -0.368 e. The van der Waals surface area contributed by atoms with Crippen LogP contribution in [-0.4, -0.2) is 21.1 Å². The van der Waals surface area contributed by atoms with E-state index in [0.29, 0.717) is 6.04 Å². The van der Waals surface area contributed by atoms with E-state index in [2.05, 4.69) is 11.5 Å². The van der Waals surface area contributed by atoms with Crippen LogP contribution in [0.4, 0.5) is 0 Å². The van der Waals surface area contributed by atoms with Gasteiger partial charge in [-0.15, -0.1) is 0 Å². The second kappa shape index (κ2) is 3.16. The van der Waals surface area contributed by atoms with Gasteiger partial charge in [-0.1, -0.05) is 0 Å². The number of nitrogens with zero attached hydrogens (tertiary/aromatic N) is 1. The lowest BCUT2D eigenvalue weighted by molar-refractivity contribution is -0.0673. The molecule has 2 atom stereocenters. The summed E-state index contributed by atoms with van der Waals surface area (Å²) in [6.07, 6.45) is 2.67. The Balaban J connectivity index is 2.35. The molecule has 0 amide bonds. The summed E-state index contributed by atoms with van der Waals surface area (Å²) >= 11 is 0. The maximum Gasteiger partial charge on any atom is 0.159 e. The van der Waals surface area contributed by atoms with Gasteiger partial charge in [0.25, 0.3) is 0 Å². The van der Waals surface area contributed by atoms with Crippen molar-refractivity contribution in [3.63, 3.8) is 0 Å². The molecule has 1 aliphatic heterocycles. The Bertz CT molecular complexity index is 293. The standard InChI is InChI=1S/C10H15NO2/c1-7-4-5-8(10(12)13)9-3-2-6-11(7)9/h2-3,6-8,10,12-13H,4-5H2,1H3. The van der Waals surface area contributed by atoms with Gasteiger partial charge in [0.1, 0.15) is 0 Å². The Morgan fingerprint density at radius 2 is 2.23 bits per heavy atom. The van der Waals surface area contributed by atoms with Crippen molar-refractivity contribution in [3.8, 4) is 0 Å². The fourth-order valence-corrected chi connectivity index (χ4v) is 2.13. The molecule has 0 saturated carbocycles. The Hall–Kier alpha value is -0.800. The lowest BCUT2D eigenvalue weighted by Crippen LogP contribution is -2.26. The van der Waals surface area contributed by atoms with Crippen LogP contribution in [0.15, 0.2) is 18.3 Å². The highest BCUT2D eigenvalue weighted by Crippen LogP contribution is 2.34. The average Bonchev–Trinajstić information content (AvgIpc) is 2.53. The third-order valence-corrected chi connectivity index (χ3v) is 2.92. The van der Waals surface area contributed by atoms with Gasteiger partial charge in [-0.2, -0.15) is 0 Å². The summed E-state index contributed by atoms with van der Waals surface area (Å²) in [4.78, 5) is 0. The first kappa shape index (κ1) is 8.78. The SMILES string of the molecule is CC1CCC(C(O)O)c2cccn21. The van der Waals surface area contributed by atoms with Crippen molar-refractivity contribution in [1.29, 1.82) is 0 Å². The second-order valence-corrected chi connectivity index (χ2v) is 3.79. The molecule has 0 spiro atoms. The Labute approximate surface area is 77.6 Å². The monoisotopic (exact) mass is 181 g/mol. The van der Waals surface area contributed by atoms with E-state index in [-0.39, 0.29) is 5.92 Å². The van der Waals surface area contributed by atoms with Crippen molar-refractivity contribution in [2.45, 2.75) is 38.0 Å². The quantitative estimate of drug-likeness (QED) is 0.640. The van der Waals surface area contributed by atoms with Crippen LogP contribution < -0.4 is 0 Å². The summed E-state index contributed by atoms with van der Waals surface area (Å²) in [6.45, 7) is 2.16. The van der Waals surface area contributed by atoms with Crippen LogP contribution in [0.2, 0.25) is 0 Å². The molecule has 2 heterocycles. The number of rotatable bonds is 1. The molecule has 0 radical (unpaired) electrons. The molecular weight excluding hydrogens is 166 g/mol. The normalized spacial score (nSPS) is 27.7. The highest BCUT2D eigenvalue weighted by molar-refractivity contribution is 5.16. The fraction of sp³-hybridized carbons (Fsp3) is 0.600. The van der Waals surface area contributed by atoms with Gasteiger partial charge in [-0.05, 0) is 31.9 Å². The lowest BCUT2D eigenvalue weighted by atomic mass is 9.92. The zero-order chi connectivity index (χ0) is 9.42. The van der Waals surface area contributed by atoms with Crippen molar-refractivity contribution >= 4 is 0 Å². The van der Waals surface area contributed by atoms with Crippen molar-refractivity contribution in [2.24, 2.45) is 0 Å². The van der Waals surface area contributed by atoms with E-state index in [9.17, 15) is 10.2 Å². The van der Waals surface area contributed by atoms with Gasteiger partial charge < -0.3 is 14.8 Å². The van der Waals surface area contributed by atoms with Crippen LogP contribution in [0, 0.1) is 0 Å². The minimum atomic E-state index is -1.22.